The summed E-state index contributed by atoms with van der Waals surface area (Å²) >= 11 is 0. The van der Waals surface area contributed by atoms with Gasteiger partial charge in [0.2, 0.25) is 0 Å². The highest BCUT2D eigenvalue weighted by molar-refractivity contribution is 5.33. The molecule has 1 atom stereocenters. The second kappa shape index (κ2) is 3.44. The second-order valence-electron chi connectivity index (χ2n) is 3.25. The van der Waals surface area contributed by atoms with Crippen molar-refractivity contribution in [3.8, 4) is 0 Å². The Kier molecular flexibility index (Phi) is 2.29. The van der Waals surface area contributed by atoms with Gasteiger partial charge in [-0.3, -0.25) is 0 Å². The van der Waals surface area contributed by atoms with E-state index in [1.54, 1.807) is 6.07 Å². The molecule has 0 radical (unpaired) electrons. The lowest BCUT2D eigenvalue weighted by Crippen LogP contribution is -2.32. The topological polar surface area (TPSA) is 32.3 Å². The molecule has 2 rings (SSSR count). The molecule has 2 nitrogen and oxygen atoms in total. The van der Waals surface area contributed by atoms with Crippen molar-refractivity contribution >= 4 is 0 Å². The van der Waals surface area contributed by atoms with Gasteiger partial charge in [0.05, 0.1) is 12.6 Å². The fourth-order valence-corrected chi connectivity index (χ4v) is 1.83. The monoisotopic (exact) mass is 181 g/mol. The Morgan fingerprint density at radius 2 is 2.38 bits per heavy atom. The van der Waals surface area contributed by atoms with Gasteiger partial charge in [-0.05, 0) is 24.6 Å². The van der Waals surface area contributed by atoms with Crippen LogP contribution in [0.2, 0.25) is 0 Å². The minimum Gasteiger partial charge on any atom is -0.394 e. The molecule has 0 saturated carbocycles. The molecule has 0 spiro atoms. The van der Waals surface area contributed by atoms with Gasteiger partial charge in [-0.25, -0.2) is 4.39 Å². The van der Waals surface area contributed by atoms with Crippen LogP contribution in [0.15, 0.2) is 18.2 Å². The average molecular weight is 181 g/mol. The SMILES string of the molecule is OCC1NCCc2cccc(F)c21. The van der Waals surface area contributed by atoms with Crippen LogP contribution in [-0.4, -0.2) is 18.3 Å². The molecule has 1 aliphatic heterocycles. The number of aliphatic hydroxyl groups excluding tert-OH is 1. The lowest BCUT2D eigenvalue weighted by atomic mass is 9.94. The van der Waals surface area contributed by atoms with Gasteiger partial charge in [-0.1, -0.05) is 12.1 Å². The molecule has 0 amide bonds. The van der Waals surface area contributed by atoms with E-state index in [1.165, 1.54) is 6.07 Å². The molecule has 13 heavy (non-hydrogen) atoms. The summed E-state index contributed by atoms with van der Waals surface area (Å²) in [6, 6.07) is 4.84. The quantitative estimate of drug-likeness (QED) is 0.677. The maximum atomic E-state index is 13.4. The Hall–Kier alpha value is -0.930. The number of benzene rings is 1. The summed E-state index contributed by atoms with van der Waals surface area (Å²) in [5.74, 6) is -0.219. The van der Waals surface area contributed by atoms with E-state index in [-0.39, 0.29) is 18.5 Å². The lowest BCUT2D eigenvalue weighted by Gasteiger charge is -2.25. The van der Waals surface area contributed by atoms with E-state index >= 15 is 0 Å². The van der Waals surface area contributed by atoms with Gasteiger partial charge >= 0.3 is 0 Å². The highest BCUT2D eigenvalue weighted by Crippen LogP contribution is 2.24. The van der Waals surface area contributed by atoms with Gasteiger partial charge in [0.1, 0.15) is 5.82 Å². The maximum Gasteiger partial charge on any atom is 0.128 e. The van der Waals surface area contributed by atoms with Gasteiger partial charge in [-0.15, -0.1) is 0 Å². The van der Waals surface area contributed by atoms with Crippen molar-refractivity contribution in [3.05, 3.63) is 35.1 Å². The van der Waals surface area contributed by atoms with Gasteiger partial charge in [-0.2, -0.15) is 0 Å². The van der Waals surface area contributed by atoms with Crippen molar-refractivity contribution < 1.29 is 9.50 Å². The molecule has 0 aliphatic carbocycles. The van der Waals surface area contributed by atoms with Crippen LogP contribution in [0.25, 0.3) is 0 Å². The zero-order valence-corrected chi connectivity index (χ0v) is 7.26. The van der Waals surface area contributed by atoms with Crippen LogP contribution in [0.5, 0.6) is 0 Å². The van der Waals surface area contributed by atoms with Crippen molar-refractivity contribution in [1.82, 2.24) is 5.32 Å². The summed E-state index contributed by atoms with van der Waals surface area (Å²) < 4.78 is 13.4. The first-order valence-corrected chi connectivity index (χ1v) is 4.44. The Morgan fingerprint density at radius 1 is 1.54 bits per heavy atom. The van der Waals surface area contributed by atoms with E-state index in [9.17, 15) is 4.39 Å². The fraction of sp³-hybridized carbons (Fsp3) is 0.400. The lowest BCUT2D eigenvalue weighted by molar-refractivity contribution is 0.236. The zero-order chi connectivity index (χ0) is 9.26. The number of fused-ring (bicyclic) bond motifs is 1. The molecule has 1 aromatic carbocycles. The van der Waals surface area contributed by atoms with Crippen molar-refractivity contribution in [2.75, 3.05) is 13.2 Å². The maximum absolute atomic E-state index is 13.4. The molecular formula is C10H12FNO. The van der Waals surface area contributed by atoms with Crippen LogP contribution in [0.4, 0.5) is 4.39 Å². The largest absolute Gasteiger partial charge is 0.394 e. The van der Waals surface area contributed by atoms with Gasteiger partial charge in [0, 0.05) is 5.56 Å². The van der Waals surface area contributed by atoms with Crippen LogP contribution in [0.1, 0.15) is 17.2 Å². The Bertz CT molecular complexity index is 314. The van der Waals surface area contributed by atoms with Crippen LogP contribution in [-0.2, 0) is 6.42 Å². The summed E-state index contributed by atoms with van der Waals surface area (Å²) in [6.45, 7) is 0.760. The van der Waals surface area contributed by atoms with E-state index in [4.69, 9.17) is 5.11 Å². The molecule has 1 aliphatic rings. The number of rotatable bonds is 1. The first-order chi connectivity index (χ1) is 6.33. The Labute approximate surface area is 76.4 Å². The standard InChI is InChI=1S/C10H12FNO/c11-8-3-1-2-7-4-5-12-9(6-13)10(7)8/h1-3,9,12-13H,4-6H2. The molecule has 2 N–H and O–H groups in total. The minimum absolute atomic E-state index is 0.0477. The van der Waals surface area contributed by atoms with Crippen molar-refractivity contribution in [3.63, 3.8) is 0 Å². The van der Waals surface area contributed by atoms with E-state index < -0.39 is 0 Å². The predicted octanol–water partition coefficient (Wildman–Crippen LogP) is 1.00. The normalized spacial score (nSPS) is 21.2. The fourth-order valence-electron chi connectivity index (χ4n) is 1.83. The molecule has 1 unspecified atom stereocenters. The van der Waals surface area contributed by atoms with Crippen molar-refractivity contribution in [1.29, 1.82) is 0 Å². The van der Waals surface area contributed by atoms with Crippen molar-refractivity contribution in [2.24, 2.45) is 0 Å². The number of hydrogen-bond donors (Lipinski definition) is 2. The number of nitrogens with one attached hydrogen (secondary N) is 1. The second-order valence-corrected chi connectivity index (χ2v) is 3.25. The zero-order valence-electron chi connectivity index (χ0n) is 7.26. The third-order valence-corrected chi connectivity index (χ3v) is 2.46. The molecule has 0 fully saturated rings. The van der Waals surface area contributed by atoms with Crippen molar-refractivity contribution in [2.45, 2.75) is 12.5 Å². The summed E-state index contributed by atoms with van der Waals surface area (Å²) in [6.07, 6.45) is 0.837. The van der Waals surface area contributed by atoms with Crippen LogP contribution in [0.3, 0.4) is 0 Å². The van der Waals surface area contributed by atoms with E-state index in [1.807, 2.05) is 6.07 Å². The van der Waals surface area contributed by atoms with Gasteiger partial charge in [0.25, 0.3) is 0 Å². The Balaban J connectivity index is 2.47. The summed E-state index contributed by atoms with van der Waals surface area (Å²) in [5, 5.41) is 12.1. The summed E-state index contributed by atoms with van der Waals surface area (Å²) in [7, 11) is 0. The minimum atomic E-state index is -0.232. The predicted molar refractivity (Wildman–Crippen MR) is 47.9 cm³/mol. The number of aliphatic hydroxyl groups is 1. The first kappa shape index (κ1) is 8.66. The molecule has 0 aromatic heterocycles. The van der Waals surface area contributed by atoms with Gasteiger partial charge in [0.15, 0.2) is 0 Å². The molecule has 0 saturated heterocycles. The molecule has 1 heterocycles. The molecule has 3 heteroatoms. The van der Waals surface area contributed by atoms with Crippen LogP contribution in [0, 0.1) is 5.82 Å². The van der Waals surface area contributed by atoms with Crippen LogP contribution >= 0.6 is 0 Å². The smallest absolute Gasteiger partial charge is 0.128 e. The number of halogens is 1. The third kappa shape index (κ3) is 1.45. The molecule has 70 valence electrons. The third-order valence-electron chi connectivity index (χ3n) is 2.46. The first-order valence-electron chi connectivity index (χ1n) is 4.44. The molecule has 1 aromatic rings. The van der Waals surface area contributed by atoms with Gasteiger partial charge < -0.3 is 10.4 Å². The number of hydrogen-bond acceptors (Lipinski definition) is 2. The summed E-state index contributed by atoms with van der Waals surface area (Å²) in [5.41, 5.74) is 1.65. The Morgan fingerprint density at radius 3 is 3.15 bits per heavy atom. The summed E-state index contributed by atoms with van der Waals surface area (Å²) in [4.78, 5) is 0. The van der Waals surface area contributed by atoms with E-state index in [2.05, 4.69) is 5.32 Å². The molecular weight excluding hydrogens is 169 g/mol. The highest BCUT2D eigenvalue weighted by atomic mass is 19.1. The molecule has 0 bridgehead atoms. The highest BCUT2D eigenvalue weighted by Gasteiger charge is 2.21. The van der Waals surface area contributed by atoms with E-state index in [0.717, 1.165) is 18.5 Å². The van der Waals surface area contributed by atoms with E-state index in [0.29, 0.717) is 5.56 Å². The average Bonchev–Trinajstić information content (AvgIpc) is 2.17. The van der Waals surface area contributed by atoms with Crippen LogP contribution < -0.4 is 5.32 Å².